The molecule has 13 heteroatoms. The summed E-state index contributed by atoms with van der Waals surface area (Å²) < 4.78 is 3.77. The summed E-state index contributed by atoms with van der Waals surface area (Å²) in [5.41, 5.74) is 5.02. The Balaban J connectivity index is 2.19. The number of Topliss-reactive ketones (excluding diaryl/α,β-unsaturated/α-hetero) is 1. The monoisotopic (exact) mass is 450 g/mol. The number of carboxylic acid groups (broad SMARTS) is 1. The number of nitrogens with zero attached hydrogens (tertiary/aromatic N) is 4. The van der Waals surface area contributed by atoms with Gasteiger partial charge in [-0.1, -0.05) is 24.6 Å². The first-order chi connectivity index (χ1) is 14.6. The minimum atomic E-state index is -1.36. The summed E-state index contributed by atoms with van der Waals surface area (Å²) in [6, 6.07) is -1.78. The van der Waals surface area contributed by atoms with E-state index in [0.29, 0.717) is 18.4 Å². The van der Waals surface area contributed by atoms with Crippen LogP contribution in [-0.2, 0) is 19.2 Å². The van der Waals surface area contributed by atoms with E-state index in [9.17, 15) is 24.3 Å². The van der Waals surface area contributed by atoms with Crippen molar-refractivity contribution in [2.75, 3.05) is 5.73 Å². The zero-order valence-corrected chi connectivity index (χ0v) is 17.8. The van der Waals surface area contributed by atoms with Crippen LogP contribution in [0.4, 0.5) is 5.13 Å². The molecule has 2 unspecified atom stereocenters. The molecular formula is C18H22N6O6S. The number of allylic oxidation sites excluding steroid dienone is 3. The Morgan fingerprint density at radius 1 is 1.35 bits per heavy atom. The number of rotatable bonds is 9. The van der Waals surface area contributed by atoms with Crippen LogP contribution in [0.15, 0.2) is 28.6 Å². The summed E-state index contributed by atoms with van der Waals surface area (Å²) in [5, 5.41) is 23.9. The number of carbonyl (C=O) groups excluding carboxylic acids is 3. The molecule has 2 heterocycles. The van der Waals surface area contributed by atoms with Gasteiger partial charge in [-0.3, -0.25) is 19.3 Å². The molecule has 1 saturated heterocycles. The third kappa shape index (κ3) is 5.12. The standard InChI is InChI=1S/C18H22N6O6S/c1-4-5-10(9(3)25)6-7-11(17(28)29)24-8(2)12(16(24)27)20-15(26)13(22-30)14-21-18(19)31-23-14/h6-8,12,30H,4-5H2,1-3H3,(H,20,26)(H,28,29)(H2,19,21,23)/b10-6+,11-7+,22-13-. The summed E-state index contributed by atoms with van der Waals surface area (Å²) in [6.45, 7) is 4.80. The normalized spacial score (nSPS) is 19.8. The molecule has 0 spiro atoms. The third-order valence-electron chi connectivity index (χ3n) is 4.54. The summed E-state index contributed by atoms with van der Waals surface area (Å²) in [7, 11) is 0. The topological polar surface area (TPSA) is 188 Å². The highest BCUT2D eigenvalue weighted by Gasteiger charge is 2.49. The van der Waals surface area contributed by atoms with Gasteiger partial charge in [0, 0.05) is 11.5 Å². The van der Waals surface area contributed by atoms with E-state index in [0.717, 1.165) is 16.4 Å². The number of nitrogen functional groups attached to an aromatic ring is 1. The number of oxime groups is 1. The van der Waals surface area contributed by atoms with E-state index in [2.05, 4.69) is 19.8 Å². The van der Waals surface area contributed by atoms with E-state index in [-0.39, 0.29) is 22.4 Å². The molecule has 1 aliphatic heterocycles. The van der Waals surface area contributed by atoms with E-state index < -0.39 is 35.6 Å². The number of amides is 2. The van der Waals surface area contributed by atoms with Gasteiger partial charge in [0.1, 0.15) is 11.7 Å². The van der Waals surface area contributed by atoms with Gasteiger partial charge in [0.15, 0.2) is 10.9 Å². The van der Waals surface area contributed by atoms with Crippen molar-refractivity contribution < 1.29 is 29.5 Å². The Bertz CT molecular complexity index is 997. The highest BCUT2D eigenvalue weighted by molar-refractivity contribution is 7.09. The van der Waals surface area contributed by atoms with Crippen LogP contribution in [0.1, 0.15) is 39.4 Å². The van der Waals surface area contributed by atoms with Gasteiger partial charge in [-0.2, -0.15) is 9.36 Å². The summed E-state index contributed by atoms with van der Waals surface area (Å²) in [5.74, 6) is -3.36. The van der Waals surface area contributed by atoms with Crippen LogP contribution in [0, 0.1) is 0 Å². The Kier molecular flexibility index (Phi) is 7.58. The molecule has 0 bridgehead atoms. The number of β-lactam (4-membered cyclic amide) rings is 1. The lowest BCUT2D eigenvalue weighted by Gasteiger charge is -2.45. The average Bonchev–Trinajstić information content (AvgIpc) is 3.13. The first-order valence-electron chi connectivity index (χ1n) is 9.22. The van der Waals surface area contributed by atoms with Crippen LogP contribution in [0.2, 0.25) is 0 Å². The summed E-state index contributed by atoms with van der Waals surface area (Å²) in [6.07, 6.45) is 3.75. The lowest BCUT2D eigenvalue weighted by Crippen LogP contribution is -2.70. The van der Waals surface area contributed by atoms with Gasteiger partial charge in [0.2, 0.25) is 11.5 Å². The number of nitrogens with two attached hydrogens (primary N) is 1. The predicted octanol–water partition coefficient (Wildman–Crippen LogP) is 0.298. The molecule has 2 amide bonds. The van der Waals surface area contributed by atoms with Crippen LogP contribution in [0.5, 0.6) is 0 Å². The van der Waals surface area contributed by atoms with E-state index in [1.165, 1.54) is 19.1 Å². The van der Waals surface area contributed by atoms with Crippen molar-refractivity contribution in [2.24, 2.45) is 5.16 Å². The average molecular weight is 450 g/mol. The smallest absolute Gasteiger partial charge is 0.352 e. The highest BCUT2D eigenvalue weighted by atomic mass is 32.1. The number of aromatic nitrogens is 2. The van der Waals surface area contributed by atoms with Crippen molar-refractivity contribution in [3.8, 4) is 0 Å². The van der Waals surface area contributed by atoms with E-state index in [4.69, 9.17) is 10.9 Å². The number of hydrogen-bond acceptors (Lipinski definition) is 10. The van der Waals surface area contributed by atoms with Crippen LogP contribution >= 0.6 is 11.5 Å². The second-order valence-electron chi connectivity index (χ2n) is 6.66. The molecule has 166 valence electrons. The zero-order valence-electron chi connectivity index (χ0n) is 17.0. The fraction of sp³-hybridized carbons (Fsp3) is 0.389. The molecule has 5 N–H and O–H groups in total. The fourth-order valence-corrected chi connectivity index (χ4v) is 3.39. The Morgan fingerprint density at radius 3 is 2.48 bits per heavy atom. The maximum atomic E-state index is 12.6. The van der Waals surface area contributed by atoms with Gasteiger partial charge in [-0.05, 0) is 31.9 Å². The van der Waals surface area contributed by atoms with Crippen molar-refractivity contribution >= 4 is 45.9 Å². The SMILES string of the molecule is CCC/C(=C\C=C(/C(=O)O)N1C(=O)C(NC(=O)/C(=N\O)c2nsc(N)n2)C1C)C(C)=O. The quantitative estimate of drug-likeness (QED) is 0.102. The number of carbonyl (C=O) groups is 4. The highest BCUT2D eigenvalue weighted by Crippen LogP contribution is 2.26. The van der Waals surface area contributed by atoms with Crippen molar-refractivity contribution in [1.82, 2.24) is 19.6 Å². The van der Waals surface area contributed by atoms with Crippen LogP contribution in [0.3, 0.4) is 0 Å². The Labute approximate surface area is 181 Å². The molecule has 2 atom stereocenters. The van der Waals surface area contributed by atoms with Gasteiger partial charge in [0.25, 0.3) is 11.8 Å². The number of ketones is 1. The second kappa shape index (κ2) is 9.93. The Hall–Kier alpha value is -3.61. The molecule has 0 radical (unpaired) electrons. The molecule has 1 aromatic rings. The van der Waals surface area contributed by atoms with Gasteiger partial charge < -0.3 is 21.4 Å². The molecule has 2 rings (SSSR count). The molecule has 0 aromatic carbocycles. The zero-order chi connectivity index (χ0) is 23.3. The van der Waals surface area contributed by atoms with Crippen molar-refractivity contribution in [2.45, 2.75) is 45.7 Å². The van der Waals surface area contributed by atoms with Crippen LogP contribution in [0.25, 0.3) is 0 Å². The summed E-state index contributed by atoms with van der Waals surface area (Å²) >= 11 is 0.793. The molecular weight excluding hydrogens is 428 g/mol. The van der Waals surface area contributed by atoms with Crippen LogP contribution < -0.4 is 11.1 Å². The molecule has 0 saturated carbocycles. The minimum absolute atomic E-state index is 0.0560. The second-order valence-corrected chi connectivity index (χ2v) is 7.44. The van der Waals surface area contributed by atoms with Crippen molar-refractivity contribution in [3.05, 3.63) is 29.2 Å². The molecule has 31 heavy (non-hydrogen) atoms. The predicted molar refractivity (Wildman–Crippen MR) is 110 cm³/mol. The number of likely N-dealkylation sites (tertiary alicyclic amines) is 1. The van der Waals surface area contributed by atoms with E-state index in [1.807, 2.05) is 6.92 Å². The largest absolute Gasteiger partial charge is 0.477 e. The molecule has 0 aliphatic carbocycles. The minimum Gasteiger partial charge on any atom is -0.477 e. The molecule has 1 fully saturated rings. The Morgan fingerprint density at radius 2 is 2.03 bits per heavy atom. The number of anilines is 1. The first-order valence-corrected chi connectivity index (χ1v) is 10.00. The third-order valence-corrected chi connectivity index (χ3v) is 5.08. The number of aliphatic carboxylic acids is 1. The number of hydrogen-bond donors (Lipinski definition) is 4. The first kappa shape index (κ1) is 23.7. The maximum absolute atomic E-state index is 12.6. The van der Waals surface area contributed by atoms with E-state index in [1.54, 1.807) is 6.92 Å². The van der Waals surface area contributed by atoms with E-state index >= 15 is 0 Å². The lowest BCUT2D eigenvalue weighted by atomic mass is 9.94. The fourth-order valence-electron chi connectivity index (χ4n) is 2.96. The van der Waals surface area contributed by atoms with Crippen molar-refractivity contribution in [3.63, 3.8) is 0 Å². The maximum Gasteiger partial charge on any atom is 0.352 e. The van der Waals surface area contributed by atoms with Gasteiger partial charge in [-0.25, -0.2) is 4.79 Å². The number of nitrogens with one attached hydrogen (secondary N) is 1. The lowest BCUT2D eigenvalue weighted by molar-refractivity contribution is -0.153. The van der Waals surface area contributed by atoms with Gasteiger partial charge in [0.05, 0.1) is 6.04 Å². The summed E-state index contributed by atoms with van der Waals surface area (Å²) in [4.78, 5) is 53.1. The van der Waals surface area contributed by atoms with Gasteiger partial charge in [-0.15, -0.1) is 0 Å². The number of carboxylic acids is 1. The van der Waals surface area contributed by atoms with Crippen molar-refractivity contribution in [1.29, 1.82) is 0 Å². The van der Waals surface area contributed by atoms with Crippen LogP contribution in [-0.4, -0.2) is 65.9 Å². The molecule has 1 aliphatic rings. The molecule has 1 aromatic heterocycles. The van der Waals surface area contributed by atoms with Gasteiger partial charge >= 0.3 is 5.97 Å². The molecule has 12 nitrogen and oxygen atoms in total.